The van der Waals surface area contributed by atoms with Gasteiger partial charge in [-0.15, -0.1) is 0 Å². The fourth-order valence-corrected chi connectivity index (χ4v) is 0.671. The van der Waals surface area contributed by atoms with Gasteiger partial charge in [-0.3, -0.25) is 0 Å². The van der Waals surface area contributed by atoms with Crippen molar-refractivity contribution in [2.75, 3.05) is 13.2 Å². The first-order valence-electron chi connectivity index (χ1n) is 3.48. The smallest absolute Gasteiger partial charge is 0.111 e. The van der Waals surface area contributed by atoms with Crippen molar-refractivity contribution >= 4 is 0 Å². The van der Waals surface area contributed by atoms with E-state index in [2.05, 4.69) is 0 Å². The van der Waals surface area contributed by atoms with Crippen molar-refractivity contribution in [1.82, 2.24) is 0 Å². The van der Waals surface area contributed by atoms with Crippen molar-refractivity contribution in [3.63, 3.8) is 0 Å². The number of aliphatic hydroxyl groups is 6. The molecule has 0 heterocycles. The molecule has 7 heteroatoms. The van der Waals surface area contributed by atoms with E-state index in [4.69, 9.17) is 30.6 Å². The van der Waals surface area contributed by atoms with E-state index in [9.17, 15) is 0 Å². The Morgan fingerprint density at radius 2 is 0.923 bits per heavy atom. The molecule has 0 amide bonds. The van der Waals surface area contributed by atoms with Gasteiger partial charge in [0.2, 0.25) is 0 Å². The summed E-state index contributed by atoms with van der Waals surface area (Å²) in [6.45, 7) is -1.45. The van der Waals surface area contributed by atoms with Crippen molar-refractivity contribution in [3.05, 3.63) is 0 Å². The van der Waals surface area contributed by atoms with Crippen molar-refractivity contribution in [3.8, 4) is 0 Å². The molecule has 0 rings (SSSR count). The summed E-state index contributed by atoms with van der Waals surface area (Å²) in [5.74, 6) is 0. The number of hydrogen-bond acceptors (Lipinski definition) is 6. The van der Waals surface area contributed by atoms with Crippen molar-refractivity contribution in [2.45, 2.75) is 24.4 Å². The van der Waals surface area contributed by atoms with Crippen molar-refractivity contribution < 1.29 is 50.1 Å². The molecule has 6 N–H and O–H groups in total. The molecule has 4 atom stereocenters. The maximum Gasteiger partial charge on any atom is 0.111 e. The normalized spacial score (nSPS) is 19.8. The summed E-state index contributed by atoms with van der Waals surface area (Å²) < 4.78 is 0. The topological polar surface area (TPSA) is 121 Å². The summed E-state index contributed by atoms with van der Waals surface area (Å²) >= 11 is 0. The zero-order valence-corrected chi connectivity index (χ0v) is 10.1. The van der Waals surface area contributed by atoms with Gasteiger partial charge >= 0.3 is 0 Å². The molecule has 0 aromatic heterocycles. The molecular weight excluding hydrogens is 233 g/mol. The quantitative estimate of drug-likeness (QED) is 0.279. The number of aliphatic hydroxyl groups excluding tert-OH is 6. The Kier molecular flexibility index (Phi) is 9.45. The zero-order valence-electron chi connectivity index (χ0n) is 7.11. The minimum absolute atomic E-state index is 0. The van der Waals surface area contributed by atoms with Gasteiger partial charge < -0.3 is 30.6 Å². The van der Waals surface area contributed by atoms with Gasteiger partial charge in [-0.1, -0.05) is 0 Å². The van der Waals surface area contributed by atoms with E-state index in [-0.39, 0.29) is 19.5 Å². The third-order valence-corrected chi connectivity index (χ3v) is 1.51. The standard InChI is InChI=1S/C6H14O6.Zn/c7-1-3(9)5(11)6(12)4(10)2-8;/h3-12H,1-2H2;/t3-,4+,5-,6-;/m1./s1. The van der Waals surface area contributed by atoms with E-state index in [1.54, 1.807) is 0 Å². The SMILES string of the molecule is OC[C@@H](O)[C@@H](O)[C@H](O)[C@@H](O)CO.[Zn]. The molecule has 0 bridgehead atoms. The van der Waals surface area contributed by atoms with E-state index in [0.717, 1.165) is 0 Å². The minimum atomic E-state index is -1.67. The van der Waals surface area contributed by atoms with Gasteiger partial charge in [0.05, 0.1) is 13.2 Å². The molecule has 0 fully saturated rings. The Bertz CT molecular complexity index is 110. The van der Waals surface area contributed by atoms with E-state index < -0.39 is 37.6 Å². The summed E-state index contributed by atoms with van der Waals surface area (Å²) in [5, 5.41) is 52.2. The monoisotopic (exact) mass is 246 g/mol. The summed E-state index contributed by atoms with van der Waals surface area (Å²) in [6.07, 6.45) is -6.39. The largest absolute Gasteiger partial charge is 0.394 e. The molecule has 13 heavy (non-hydrogen) atoms. The minimum Gasteiger partial charge on any atom is -0.394 e. The van der Waals surface area contributed by atoms with Gasteiger partial charge in [-0.05, 0) is 0 Å². The van der Waals surface area contributed by atoms with E-state index in [1.807, 2.05) is 0 Å². The molecule has 6 nitrogen and oxygen atoms in total. The molecule has 0 unspecified atom stereocenters. The van der Waals surface area contributed by atoms with Crippen LogP contribution in [-0.4, -0.2) is 68.3 Å². The second-order valence-corrected chi connectivity index (χ2v) is 2.48. The van der Waals surface area contributed by atoms with Gasteiger partial charge in [-0.2, -0.15) is 0 Å². The summed E-state index contributed by atoms with van der Waals surface area (Å²) in [6, 6.07) is 0. The van der Waals surface area contributed by atoms with Crippen LogP contribution < -0.4 is 0 Å². The Morgan fingerprint density at radius 3 is 1.08 bits per heavy atom. The maximum absolute atomic E-state index is 8.96. The third kappa shape index (κ3) is 4.97. The maximum atomic E-state index is 8.96. The predicted octanol–water partition coefficient (Wildman–Crippen LogP) is -3.59. The third-order valence-electron chi connectivity index (χ3n) is 1.51. The Labute approximate surface area is 88.2 Å². The summed E-state index contributed by atoms with van der Waals surface area (Å²) in [5.41, 5.74) is 0. The van der Waals surface area contributed by atoms with Crippen LogP contribution >= 0.6 is 0 Å². The van der Waals surface area contributed by atoms with Crippen molar-refractivity contribution in [2.24, 2.45) is 0 Å². The first kappa shape index (κ1) is 15.8. The molecule has 0 aliphatic carbocycles. The zero-order chi connectivity index (χ0) is 9.72. The first-order chi connectivity index (χ1) is 5.54. The van der Waals surface area contributed by atoms with Crippen molar-refractivity contribution in [1.29, 1.82) is 0 Å². The Hall–Kier alpha value is 0.383. The molecule has 0 spiro atoms. The average Bonchev–Trinajstić information content (AvgIpc) is 2.12. The van der Waals surface area contributed by atoms with Gasteiger partial charge in [0.15, 0.2) is 0 Å². The molecule has 0 saturated heterocycles. The van der Waals surface area contributed by atoms with Crippen LogP contribution in [0.2, 0.25) is 0 Å². The van der Waals surface area contributed by atoms with E-state index in [1.165, 1.54) is 0 Å². The van der Waals surface area contributed by atoms with Gasteiger partial charge in [-0.25, -0.2) is 0 Å². The molecule has 76 valence electrons. The van der Waals surface area contributed by atoms with Crippen LogP contribution in [0.5, 0.6) is 0 Å². The second-order valence-electron chi connectivity index (χ2n) is 2.48. The summed E-state index contributed by atoms with van der Waals surface area (Å²) in [4.78, 5) is 0. The average molecular weight is 248 g/mol. The van der Waals surface area contributed by atoms with Crippen LogP contribution in [-0.2, 0) is 19.5 Å². The van der Waals surface area contributed by atoms with Crippen LogP contribution in [0.1, 0.15) is 0 Å². The molecule has 0 radical (unpaired) electrons. The molecular formula is C6H14O6Zn. The predicted molar refractivity (Wildman–Crippen MR) is 38.2 cm³/mol. The second kappa shape index (κ2) is 7.76. The van der Waals surface area contributed by atoms with Crippen LogP contribution in [0.25, 0.3) is 0 Å². The van der Waals surface area contributed by atoms with Gasteiger partial charge in [0.1, 0.15) is 24.4 Å². The molecule has 0 saturated carbocycles. The fraction of sp³-hybridized carbons (Fsp3) is 1.00. The van der Waals surface area contributed by atoms with E-state index >= 15 is 0 Å². The molecule has 0 aromatic carbocycles. The fourth-order valence-electron chi connectivity index (χ4n) is 0.671. The number of hydrogen-bond donors (Lipinski definition) is 6. The van der Waals surface area contributed by atoms with Crippen LogP contribution in [0.15, 0.2) is 0 Å². The molecule has 0 aromatic rings. The Morgan fingerprint density at radius 1 is 0.692 bits per heavy atom. The Balaban J connectivity index is 0. The van der Waals surface area contributed by atoms with Gasteiger partial charge in [0.25, 0.3) is 0 Å². The van der Waals surface area contributed by atoms with Crippen LogP contribution in [0, 0.1) is 0 Å². The first-order valence-corrected chi connectivity index (χ1v) is 3.48. The van der Waals surface area contributed by atoms with Crippen LogP contribution in [0.4, 0.5) is 0 Å². The summed E-state index contributed by atoms with van der Waals surface area (Å²) in [7, 11) is 0. The van der Waals surface area contributed by atoms with E-state index in [0.29, 0.717) is 0 Å². The van der Waals surface area contributed by atoms with Gasteiger partial charge in [0, 0.05) is 19.5 Å². The molecule has 0 aliphatic rings. The van der Waals surface area contributed by atoms with Crippen LogP contribution in [0.3, 0.4) is 0 Å². The number of rotatable bonds is 5. The molecule has 0 aliphatic heterocycles.